The molecule has 2 rings (SSSR count). The summed E-state index contributed by atoms with van der Waals surface area (Å²) in [6, 6.07) is 3.92. The third-order valence-corrected chi connectivity index (χ3v) is 1.77. The van der Waals surface area contributed by atoms with Gasteiger partial charge in [0.05, 0.1) is 4.92 Å². The minimum atomic E-state index is -1.71. The van der Waals surface area contributed by atoms with E-state index < -0.39 is 16.3 Å². The first-order valence-corrected chi connectivity index (χ1v) is 3.84. The Morgan fingerprint density at radius 1 is 1.20 bits per heavy atom. The molecule has 1 heterocycles. The molecule has 8 nitrogen and oxygen atoms in total. The van der Waals surface area contributed by atoms with Crippen molar-refractivity contribution >= 4 is 5.69 Å². The summed E-state index contributed by atoms with van der Waals surface area (Å²) in [5.41, 5.74) is -0.350. The summed E-state index contributed by atoms with van der Waals surface area (Å²) < 4.78 is 9.43. The minimum absolute atomic E-state index is 0.00546. The Morgan fingerprint density at radius 2 is 1.93 bits per heavy atom. The number of ether oxygens (including phenoxy) is 2. The lowest BCUT2D eigenvalue weighted by molar-refractivity contribution is -0.600. The summed E-state index contributed by atoms with van der Waals surface area (Å²) in [5, 5.41) is 20.9. The van der Waals surface area contributed by atoms with E-state index in [2.05, 4.69) is 0 Å². The summed E-state index contributed by atoms with van der Waals surface area (Å²) in [6.07, 6.45) is -1.71. The monoisotopic (exact) mass is 212 g/mol. The molecule has 8 heteroatoms. The van der Waals surface area contributed by atoms with Gasteiger partial charge in [0.25, 0.3) is 5.75 Å². The number of nitro groups is 2. The van der Waals surface area contributed by atoms with E-state index in [-0.39, 0.29) is 17.2 Å². The lowest BCUT2D eigenvalue weighted by Crippen LogP contribution is -2.27. The van der Waals surface area contributed by atoms with Gasteiger partial charge in [-0.1, -0.05) is 6.07 Å². The number of nitro benzene ring substituents is 1. The Hall–Kier alpha value is -2.38. The zero-order valence-corrected chi connectivity index (χ0v) is 7.15. The predicted octanol–water partition coefficient (Wildman–Crippen LogP) is 0.926. The number of benzene rings is 1. The molecule has 1 atom stereocenters. The van der Waals surface area contributed by atoms with E-state index in [0.29, 0.717) is 0 Å². The van der Waals surface area contributed by atoms with Crippen molar-refractivity contribution in [3.05, 3.63) is 38.4 Å². The van der Waals surface area contributed by atoms with E-state index in [1.54, 1.807) is 0 Å². The van der Waals surface area contributed by atoms with Crippen LogP contribution in [0, 0.1) is 20.2 Å². The number of hydrogen-bond acceptors (Lipinski definition) is 6. The van der Waals surface area contributed by atoms with Crippen LogP contribution in [-0.2, 0) is 0 Å². The van der Waals surface area contributed by atoms with Gasteiger partial charge in [-0.15, -0.1) is 0 Å². The van der Waals surface area contributed by atoms with E-state index in [1.165, 1.54) is 18.2 Å². The minimum Gasteiger partial charge on any atom is -0.394 e. The zero-order chi connectivity index (χ0) is 11.0. The molecule has 1 aliphatic rings. The van der Waals surface area contributed by atoms with Crippen LogP contribution >= 0.6 is 0 Å². The van der Waals surface area contributed by atoms with Crippen LogP contribution in [0.2, 0.25) is 0 Å². The second-order valence-corrected chi connectivity index (χ2v) is 2.69. The second-order valence-electron chi connectivity index (χ2n) is 2.69. The summed E-state index contributed by atoms with van der Waals surface area (Å²) in [4.78, 5) is 19.4. The molecule has 0 bridgehead atoms. The Labute approximate surface area is 82.3 Å². The SMILES string of the molecule is O=[N+]([O-])c1cccc2c1OC([N+](=O)[O-])O2. The number of fused-ring (bicyclic) bond motifs is 1. The average molecular weight is 212 g/mol. The van der Waals surface area contributed by atoms with Crippen LogP contribution in [0.5, 0.6) is 11.5 Å². The van der Waals surface area contributed by atoms with E-state index in [4.69, 9.17) is 9.47 Å². The molecule has 15 heavy (non-hydrogen) atoms. The van der Waals surface area contributed by atoms with Gasteiger partial charge in [0.15, 0.2) is 5.75 Å². The van der Waals surface area contributed by atoms with Gasteiger partial charge in [-0.05, 0) is 6.07 Å². The molecule has 0 amide bonds. The van der Waals surface area contributed by atoms with Crippen molar-refractivity contribution in [2.45, 2.75) is 6.41 Å². The van der Waals surface area contributed by atoms with Crippen LogP contribution in [0.3, 0.4) is 0 Å². The topological polar surface area (TPSA) is 105 Å². The maximum atomic E-state index is 10.5. The molecule has 0 aromatic heterocycles. The van der Waals surface area contributed by atoms with E-state index in [9.17, 15) is 20.2 Å². The van der Waals surface area contributed by atoms with Crippen molar-refractivity contribution in [1.29, 1.82) is 0 Å². The Bertz CT molecular complexity index is 445. The molecule has 0 N–H and O–H groups in total. The molecule has 1 aromatic rings. The van der Waals surface area contributed by atoms with Gasteiger partial charge in [0, 0.05) is 6.07 Å². The Balaban J connectivity index is 2.41. The standard InChI is InChI=1S/C7H4N2O6/c10-8(11)4-2-1-3-5-6(4)15-7(14-5)9(12)13/h1-3,7H. The van der Waals surface area contributed by atoms with Crippen molar-refractivity contribution in [1.82, 2.24) is 0 Å². The second kappa shape index (κ2) is 3.08. The smallest absolute Gasteiger partial charge is 0.394 e. The highest BCUT2D eigenvalue weighted by Gasteiger charge is 2.38. The molecule has 0 radical (unpaired) electrons. The van der Waals surface area contributed by atoms with Crippen molar-refractivity contribution in [3.63, 3.8) is 0 Å². The number of para-hydroxylation sites is 1. The van der Waals surface area contributed by atoms with E-state index in [1.807, 2.05) is 0 Å². The van der Waals surface area contributed by atoms with Crippen LogP contribution in [-0.4, -0.2) is 16.3 Å². The van der Waals surface area contributed by atoms with Gasteiger partial charge in [-0.3, -0.25) is 20.2 Å². The molecule has 1 unspecified atom stereocenters. The van der Waals surface area contributed by atoms with Gasteiger partial charge in [-0.25, -0.2) is 0 Å². The van der Waals surface area contributed by atoms with Crippen LogP contribution in [0.15, 0.2) is 18.2 Å². The average Bonchev–Trinajstić information content (AvgIpc) is 2.60. The van der Waals surface area contributed by atoms with Crippen molar-refractivity contribution in [2.24, 2.45) is 0 Å². The fourth-order valence-corrected chi connectivity index (χ4v) is 1.18. The number of rotatable bonds is 2. The highest BCUT2D eigenvalue weighted by atomic mass is 16.8. The largest absolute Gasteiger partial charge is 0.518 e. The zero-order valence-electron chi connectivity index (χ0n) is 7.15. The van der Waals surface area contributed by atoms with Crippen molar-refractivity contribution in [2.75, 3.05) is 0 Å². The highest BCUT2D eigenvalue weighted by Crippen LogP contribution is 2.41. The molecule has 0 saturated heterocycles. The number of nitrogens with zero attached hydrogens (tertiary/aromatic N) is 2. The van der Waals surface area contributed by atoms with Gasteiger partial charge in [0.1, 0.15) is 4.92 Å². The third kappa shape index (κ3) is 1.41. The van der Waals surface area contributed by atoms with Crippen LogP contribution < -0.4 is 9.47 Å². The molecular weight excluding hydrogens is 208 g/mol. The van der Waals surface area contributed by atoms with Crippen molar-refractivity contribution < 1.29 is 19.3 Å². The maximum absolute atomic E-state index is 10.5. The quantitative estimate of drug-likeness (QED) is 0.533. The highest BCUT2D eigenvalue weighted by molar-refractivity contribution is 5.56. The van der Waals surface area contributed by atoms with E-state index in [0.717, 1.165) is 0 Å². The first-order valence-electron chi connectivity index (χ1n) is 3.84. The normalized spacial score (nSPS) is 17.5. The first-order chi connectivity index (χ1) is 7.09. The molecule has 78 valence electrons. The van der Waals surface area contributed by atoms with Gasteiger partial charge in [0.2, 0.25) is 0 Å². The first kappa shape index (κ1) is 9.19. The summed E-state index contributed by atoms with van der Waals surface area (Å²) >= 11 is 0. The summed E-state index contributed by atoms with van der Waals surface area (Å²) in [6.45, 7) is 0. The lowest BCUT2D eigenvalue weighted by Gasteiger charge is -1.98. The molecule has 0 spiro atoms. The Kier molecular flexibility index (Phi) is 1.89. The van der Waals surface area contributed by atoms with Crippen LogP contribution in [0.1, 0.15) is 0 Å². The van der Waals surface area contributed by atoms with Crippen molar-refractivity contribution in [3.8, 4) is 11.5 Å². The lowest BCUT2D eigenvalue weighted by atomic mass is 10.3. The summed E-state index contributed by atoms with van der Waals surface area (Å²) in [5.74, 6) is -0.199. The molecular formula is C7H4N2O6. The van der Waals surface area contributed by atoms with Crippen LogP contribution in [0.25, 0.3) is 0 Å². The predicted molar refractivity (Wildman–Crippen MR) is 45.1 cm³/mol. The maximum Gasteiger partial charge on any atom is 0.518 e. The van der Waals surface area contributed by atoms with Crippen LogP contribution in [0.4, 0.5) is 5.69 Å². The number of hydrogen-bond donors (Lipinski definition) is 0. The van der Waals surface area contributed by atoms with Gasteiger partial charge < -0.3 is 9.47 Å². The molecule has 1 aliphatic heterocycles. The van der Waals surface area contributed by atoms with Gasteiger partial charge in [-0.2, -0.15) is 0 Å². The molecule has 0 saturated carbocycles. The molecule has 0 fully saturated rings. The third-order valence-electron chi connectivity index (χ3n) is 1.77. The molecule has 1 aromatic carbocycles. The summed E-state index contributed by atoms with van der Waals surface area (Å²) in [7, 11) is 0. The van der Waals surface area contributed by atoms with Gasteiger partial charge >= 0.3 is 12.1 Å². The fourth-order valence-electron chi connectivity index (χ4n) is 1.18. The fraction of sp³-hybridized carbons (Fsp3) is 0.143. The molecule has 0 aliphatic carbocycles. The van der Waals surface area contributed by atoms with E-state index >= 15 is 0 Å². The Morgan fingerprint density at radius 3 is 2.53 bits per heavy atom.